The summed E-state index contributed by atoms with van der Waals surface area (Å²) in [5.74, 6) is 0.0855. The summed E-state index contributed by atoms with van der Waals surface area (Å²) in [4.78, 5) is 15.6. The third kappa shape index (κ3) is 3.72. The van der Waals surface area contributed by atoms with E-state index in [-0.39, 0.29) is 11.7 Å². The zero-order valence-corrected chi connectivity index (χ0v) is 12.1. The summed E-state index contributed by atoms with van der Waals surface area (Å²) in [6.07, 6.45) is 1.39. The molecule has 2 rings (SSSR count). The van der Waals surface area contributed by atoms with Gasteiger partial charge in [-0.15, -0.1) is 0 Å². The van der Waals surface area contributed by atoms with Gasteiger partial charge in [0, 0.05) is 4.47 Å². The molecule has 0 fully saturated rings. The van der Waals surface area contributed by atoms with Gasteiger partial charge >= 0.3 is 0 Å². The molecule has 1 aromatic carbocycles. The zero-order valence-electron chi connectivity index (χ0n) is 8.98. The molecule has 1 amide bonds. The Bertz CT molecular complexity index is 549. The van der Waals surface area contributed by atoms with E-state index in [1.165, 1.54) is 18.1 Å². The van der Waals surface area contributed by atoms with Gasteiger partial charge in [0.25, 0.3) is 0 Å². The van der Waals surface area contributed by atoms with Gasteiger partial charge in [0.05, 0.1) is 16.5 Å². The highest BCUT2D eigenvalue weighted by Crippen LogP contribution is 2.25. The maximum absolute atomic E-state index is 11.7. The second kappa shape index (κ2) is 6.21. The number of hydrogen-bond acceptors (Lipinski definition) is 4. The van der Waals surface area contributed by atoms with Crippen molar-refractivity contribution in [1.29, 1.82) is 0 Å². The molecule has 0 saturated heterocycles. The van der Waals surface area contributed by atoms with E-state index in [1.54, 1.807) is 12.1 Å². The number of thioether (sulfide) groups is 1. The van der Waals surface area contributed by atoms with Gasteiger partial charge in [-0.2, -0.15) is 5.10 Å². The molecule has 8 heteroatoms. The van der Waals surface area contributed by atoms with Gasteiger partial charge in [-0.3, -0.25) is 9.89 Å². The fourth-order valence-corrected chi connectivity index (χ4v) is 2.47. The molecule has 0 radical (unpaired) electrons. The highest BCUT2D eigenvalue weighted by Gasteiger charge is 2.07. The Morgan fingerprint density at radius 1 is 1.56 bits per heavy atom. The molecule has 2 N–H and O–H groups in total. The van der Waals surface area contributed by atoms with Crippen molar-refractivity contribution < 1.29 is 4.79 Å². The third-order valence-electron chi connectivity index (χ3n) is 1.94. The topological polar surface area (TPSA) is 70.7 Å². The molecule has 94 valence electrons. The largest absolute Gasteiger partial charge is 0.324 e. The summed E-state index contributed by atoms with van der Waals surface area (Å²) < 4.78 is 0.863. The number of carbonyl (C=O) groups excluding carboxylic acids is 1. The Balaban J connectivity index is 1.91. The number of H-pyrrole nitrogens is 1. The average Bonchev–Trinajstić information content (AvgIpc) is 2.83. The predicted octanol–water partition coefficient (Wildman–Crippen LogP) is 2.95. The molecule has 0 atom stereocenters. The summed E-state index contributed by atoms with van der Waals surface area (Å²) in [6.45, 7) is 0. The number of hydrogen-bond donors (Lipinski definition) is 2. The van der Waals surface area contributed by atoms with Gasteiger partial charge in [-0.05, 0) is 18.2 Å². The van der Waals surface area contributed by atoms with Crippen LogP contribution in [0, 0.1) is 0 Å². The molecule has 2 aromatic rings. The van der Waals surface area contributed by atoms with Crippen molar-refractivity contribution in [2.75, 3.05) is 11.1 Å². The minimum atomic E-state index is -0.152. The number of aromatic amines is 1. The third-order valence-corrected chi connectivity index (χ3v) is 3.62. The van der Waals surface area contributed by atoms with Crippen molar-refractivity contribution in [2.24, 2.45) is 0 Å². The van der Waals surface area contributed by atoms with Crippen molar-refractivity contribution in [3.63, 3.8) is 0 Å². The van der Waals surface area contributed by atoms with E-state index in [4.69, 9.17) is 11.6 Å². The molecule has 0 spiro atoms. The van der Waals surface area contributed by atoms with Crippen LogP contribution >= 0.6 is 39.3 Å². The number of halogens is 2. The Kier molecular flexibility index (Phi) is 4.62. The van der Waals surface area contributed by atoms with Crippen molar-refractivity contribution in [3.05, 3.63) is 34.0 Å². The number of amides is 1. The van der Waals surface area contributed by atoms with Crippen LogP contribution in [-0.2, 0) is 4.79 Å². The smallest absolute Gasteiger partial charge is 0.234 e. The molecule has 0 aliphatic heterocycles. The van der Waals surface area contributed by atoms with Crippen molar-refractivity contribution in [2.45, 2.75) is 5.16 Å². The maximum Gasteiger partial charge on any atom is 0.234 e. The number of benzene rings is 1. The predicted molar refractivity (Wildman–Crippen MR) is 74.9 cm³/mol. The first kappa shape index (κ1) is 13.4. The van der Waals surface area contributed by atoms with E-state index in [0.29, 0.717) is 15.9 Å². The minimum absolute atomic E-state index is 0.152. The van der Waals surface area contributed by atoms with Crippen LogP contribution in [0.25, 0.3) is 0 Å². The lowest BCUT2D eigenvalue weighted by Gasteiger charge is -2.06. The number of nitrogens with one attached hydrogen (secondary N) is 2. The molecule has 18 heavy (non-hydrogen) atoms. The van der Waals surface area contributed by atoms with E-state index in [0.717, 1.165) is 4.47 Å². The van der Waals surface area contributed by atoms with Gasteiger partial charge < -0.3 is 5.32 Å². The quantitative estimate of drug-likeness (QED) is 0.834. The van der Waals surface area contributed by atoms with E-state index < -0.39 is 0 Å². The second-order valence-corrected chi connectivity index (χ2v) is 5.54. The van der Waals surface area contributed by atoms with E-state index in [9.17, 15) is 4.79 Å². The summed E-state index contributed by atoms with van der Waals surface area (Å²) in [5, 5.41) is 10.2. The van der Waals surface area contributed by atoms with Crippen molar-refractivity contribution in [3.8, 4) is 0 Å². The minimum Gasteiger partial charge on any atom is -0.324 e. The molecule has 0 aliphatic carbocycles. The lowest BCUT2D eigenvalue weighted by molar-refractivity contribution is -0.113. The van der Waals surface area contributed by atoms with Crippen LogP contribution in [0.15, 0.2) is 34.2 Å². The molecule has 0 saturated carbocycles. The summed E-state index contributed by atoms with van der Waals surface area (Å²) in [5.41, 5.74) is 0.586. The summed E-state index contributed by atoms with van der Waals surface area (Å²) >= 11 is 10.6. The first-order chi connectivity index (χ1) is 8.65. The molecule has 1 heterocycles. The number of aromatic nitrogens is 3. The van der Waals surface area contributed by atoms with E-state index in [2.05, 4.69) is 36.4 Å². The zero-order chi connectivity index (χ0) is 13.0. The highest BCUT2D eigenvalue weighted by atomic mass is 79.9. The first-order valence-corrected chi connectivity index (χ1v) is 7.04. The monoisotopic (exact) mass is 346 g/mol. The number of rotatable bonds is 4. The van der Waals surface area contributed by atoms with Crippen molar-refractivity contribution >= 4 is 50.9 Å². The van der Waals surface area contributed by atoms with Crippen LogP contribution in [-0.4, -0.2) is 26.8 Å². The second-order valence-electron chi connectivity index (χ2n) is 3.25. The average molecular weight is 348 g/mol. The number of carbonyl (C=O) groups is 1. The van der Waals surface area contributed by atoms with Gasteiger partial charge in [0.2, 0.25) is 5.91 Å². The Morgan fingerprint density at radius 3 is 3.06 bits per heavy atom. The molecule has 0 bridgehead atoms. The molecule has 0 unspecified atom stereocenters. The summed E-state index contributed by atoms with van der Waals surface area (Å²) in [6, 6.07) is 5.27. The molecule has 1 aromatic heterocycles. The lowest BCUT2D eigenvalue weighted by atomic mass is 10.3. The van der Waals surface area contributed by atoms with Crippen LogP contribution in [0.4, 0.5) is 5.69 Å². The van der Waals surface area contributed by atoms with Gasteiger partial charge in [0.1, 0.15) is 6.33 Å². The molecule has 5 nitrogen and oxygen atoms in total. The van der Waals surface area contributed by atoms with Crippen LogP contribution < -0.4 is 5.32 Å². The van der Waals surface area contributed by atoms with Crippen LogP contribution in [0.2, 0.25) is 5.02 Å². The SMILES string of the molecule is O=C(CSc1ncn[nH]1)Nc1ccc(Br)cc1Cl. The van der Waals surface area contributed by atoms with Gasteiger partial charge in [-0.25, -0.2) is 4.98 Å². The van der Waals surface area contributed by atoms with Gasteiger partial charge in [0.15, 0.2) is 5.16 Å². The standard InChI is InChI=1S/C10H8BrClN4OS/c11-6-1-2-8(7(12)3-6)15-9(17)4-18-10-13-5-14-16-10/h1-3,5H,4H2,(H,15,17)(H,13,14,16). The summed E-state index contributed by atoms with van der Waals surface area (Å²) in [7, 11) is 0. The highest BCUT2D eigenvalue weighted by molar-refractivity contribution is 9.10. The Labute approximate surface area is 121 Å². The number of anilines is 1. The van der Waals surface area contributed by atoms with Crippen LogP contribution in [0.3, 0.4) is 0 Å². The lowest BCUT2D eigenvalue weighted by Crippen LogP contribution is -2.14. The number of nitrogens with zero attached hydrogens (tertiary/aromatic N) is 2. The van der Waals surface area contributed by atoms with Crippen LogP contribution in [0.1, 0.15) is 0 Å². The molecular weight excluding hydrogens is 340 g/mol. The molecular formula is C10H8BrClN4OS. The first-order valence-electron chi connectivity index (χ1n) is 4.88. The maximum atomic E-state index is 11.7. The van der Waals surface area contributed by atoms with Crippen LogP contribution in [0.5, 0.6) is 0 Å². The fraction of sp³-hybridized carbons (Fsp3) is 0.100. The van der Waals surface area contributed by atoms with Gasteiger partial charge in [-0.1, -0.05) is 39.3 Å². The van der Waals surface area contributed by atoms with E-state index in [1.807, 2.05) is 6.07 Å². The molecule has 0 aliphatic rings. The van der Waals surface area contributed by atoms with Crippen molar-refractivity contribution in [1.82, 2.24) is 15.2 Å². The Morgan fingerprint density at radius 2 is 2.39 bits per heavy atom. The normalized spacial score (nSPS) is 10.3. The Hall–Kier alpha value is -1.05. The van der Waals surface area contributed by atoms with E-state index >= 15 is 0 Å². The fourth-order valence-electron chi connectivity index (χ4n) is 1.17.